The molecule has 0 saturated carbocycles. The maximum atomic E-state index is 4.47. The molecule has 4 rings (SSSR count). The van der Waals surface area contributed by atoms with E-state index in [0.717, 1.165) is 30.3 Å². The Balaban J connectivity index is 1.59. The summed E-state index contributed by atoms with van der Waals surface area (Å²) in [6.07, 6.45) is 2.08. The van der Waals surface area contributed by atoms with Crippen LogP contribution in [0.2, 0.25) is 0 Å². The number of nitrogens with one attached hydrogen (secondary N) is 1. The maximum absolute atomic E-state index is 4.47. The van der Waals surface area contributed by atoms with Gasteiger partial charge in [0, 0.05) is 38.6 Å². The Morgan fingerprint density at radius 3 is 3.19 bits per heavy atom. The van der Waals surface area contributed by atoms with Gasteiger partial charge in [-0.25, -0.2) is 4.98 Å². The lowest BCUT2D eigenvalue weighted by Gasteiger charge is -2.41. The van der Waals surface area contributed by atoms with Crippen LogP contribution in [-0.4, -0.2) is 40.4 Å². The first-order chi connectivity index (χ1) is 10.3. The van der Waals surface area contributed by atoms with Crippen molar-refractivity contribution in [3.8, 4) is 0 Å². The van der Waals surface area contributed by atoms with Crippen molar-refractivity contribution >= 4 is 11.5 Å². The zero-order valence-electron chi connectivity index (χ0n) is 12.3. The SMILES string of the molecule is Cc1nsc(Cc2ccc3c(c2)CCN2CCNC[C@@H]32)n1. The number of rotatable bonds is 2. The van der Waals surface area contributed by atoms with Gasteiger partial charge in [-0.05, 0) is 41.6 Å². The van der Waals surface area contributed by atoms with Crippen LogP contribution in [0, 0.1) is 6.92 Å². The largest absolute Gasteiger partial charge is 0.314 e. The molecule has 0 bridgehead atoms. The molecule has 2 aliphatic heterocycles. The lowest BCUT2D eigenvalue weighted by atomic mass is 9.89. The third-order valence-electron chi connectivity index (χ3n) is 4.51. The predicted molar refractivity (Wildman–Crippen MR) is 84.8 cm³/mol. The number of aryl methyl sites for hydroxylation is 1. The molecule has 0 aliphatic carbocycles. The molecule has 1 atom stereocenters. The molecular weight excluding hydrogens is 280 g/mol. The van der Waals surface area contributed by atoms with E-state index in [2.05, 4.69) is 37.8 Å². The fourth-order valence-electron chi connectivity index (χ4n) is 3.48. The van der Waals surface area contributed by atoms with Crippen LogP contribution >= 0.6 is 11.5 Å². The zero-order chi connectivity index (χ0) is 14.2. The van der Waals surface area contributed by atoms with Crippen molar-refractivity contribution in [2.24, 2.45) is 0 Å². The lowest BCUT2D eigenvalue weighted by Crippen LogP contribution is -2.48. The van der Waals surface area contributed by atoms with Gasteiger partial charge in [0.2, 0.25) is 0 Å². The Morgan fingerprint density at radius 2 is 2.33 bits per heavy atom. The number of nitrogens with zero attached hydrogens (tertiary/aromatic N) is 3. The number of aromatic nitrogens is 2. The van der Waals surface area contributed by atoms with E-state index in [9.17, 15) is 0 Å². The first-order valence-corrected chi connectivity index (χ1v) is 8.42. The third-order valence-corrected chi connectivity index (χ3v) is 5.32. The second kappa shape index (κ2) is 5.48. The minimum Gasteiger partial charge on any atom is -0.314 e. The summed E-state index contributed by atoms with van der Waals surface area (Å²) in [5, 5.41) is 4.64. The average Bonchev–Trinajstić information content (AvgIpc) is 2.92. The molecule has 2 aliphatic rings. The van der Waals surface area contributed by atoms with E-state index in [1.807, 2.05) is 6.92 Å². The molecular formula is C16H20N4S. The molecule has 21 heavy (non-hydrogen) atoms. The van der Waals surface area contributed by atoms with Crippen molar-refractivity contribution in [2.75, 3.05) is 26.2 Å². The number of fused-ring (bicyclic) bond motifs is 3. The van der Waals surface area contributed by atoms with Gasteiger partial charge in [0.15, 0.2) is 0 Å². The summed E-state index contributed by atoms with van der Waals surface area (Å²) < 4.78 is 4.27. The molecule has 0 amide bonds. The highest BCUT2D eigenvalue weighted by Crippen LogP contribution is 2.31. The number of benzene rings is 1. The van der Waals surface area contributed by atoms with E-state index >= 15 is 0 Å². The van der Waals surface area contributed by atoms with Gasteiger partial charge in [-0.3, -0.25) is 4.90 Å². The standard InChI is InChI=1S/C16H20N4S/c1-11-18-16(21-19-11)9-12-2-3-14-13(8-12)4-6-20-7-5-17-10-15(14)20/h2-3,8,15,17H,4-7,9-10H2,1H3/t15-/m0/s1. The van der Waals surface area contributed by atoms with Crippen molar-refractivity contribution in [3.63, 3.8) is 0 Å². The molecule has 4 nitrogen and oxygen atoms in total. The Morgan fingerprint density at radius 1 is 1.38 bits per heavy atom. The summed E-state index contributed by atoms with van der Waals surface area (Å²) in [5.74, 6) is 0.886. The Hall–Kier alpha value is -1.30. The Kier molecular flexibility index (Phi) is 3.49. The van der Waals surface area contributed by atoms with Crippen molar-refractivity contribution in [1.29, 1.82) is 0 Å². The van der Waals surface area contributed by atoms with Crippen LogP contribution in [0.5, 0.6) is 0 Å². The molecule has 1 saturated heterocycles. The van der Waals surface area contributed by atoms with E-state index in [1.165, 1.54) is 47.7 Å². The summed E-state index contributed by atoms with van der Waals surface area (Å²) in [4.78, 5) is 7.09. The number of piperazine rings is 1. The first kappa shape index (κ1) is 13.4. The molecule has 1 aromatic carbocycles. The van der Waals surface area contributed by atoms with Crippen LogP contribution in [0.1, 0.15) is 33.6 Å². The highest BCUT2D eigenvalue weighted by atomic mass is 32.1. The summed E-state index contributed by atoms with van der Waals surface area (Å²) >= 11 is 1.52. The number of hydrogen-bond donors (Lipinski definition) is 1. The molecule has 1 aromatic heterocycles. The fraction of sp³-hybridized carbons (Fsp3) is 0.500. The minimum atomic E-state index is 0.570. The Bertz CT molecular complexity index is 651. The van der Waals surface area contributed by atoms with Crippen molar-refractivity contribution in [2.45, 2.75) is 25.8 Å². The van der Waals surface area contributed by atoms with E-state index in [-0.39, 0.29) is 0 Å². The van der Waals surface area contributed by atoms with Crippen LogP contribution < -0.4 is 5.32 Å². The lowest BCUT2D eigenvalue weighted by molar-refractivity contribution is 0.152. The molecule has 0 spiro atoms. The molecule has 1 fully saturated rings. The predicted octanol–water partition coefficient (Wildman–Crippen LogP) is 1.94. The van der Waals surface area contributed by atoms with Gasteiger partial charge in [-0.15, -0.1) is 0 Å². The van der Waals surface area contributed by atoms with Crippen molar-refractivity contribution in [3.05, 3.63) is 45.7 Å². The van der Waals surface area contributed by atoms with E-state index in [1.54, 1.807) is 0 Å². The summed E-state index contributed by atoms with van der Waals surface area (Å²) in [6, 6.07) is 7.56. The molecule has 110 valence electrons. The van der Waals surface area contributed by atoms with Gasteiger partial charge in [0.05, 0.1) is 0 Å². The van der Waals surface area contributed by atoms with Crippen LogP contribution in [0.25, 0.3) is 0 Å². The minimum absolute atomic E-state index is 0.570. The van der Waals surface area contributed by atoms with Gasteiger partial charge < -0.3 is 5.32 Å². The third kappa shape index (κ3) is 2.61. The van der Waals surface area contributed by atoms with E-state index in [0.29, 0.717) is 6.04 Å². The quantitative estimate of drug-likeness (QED) is 0.920. The Labute approximate surface area is 129 Å². The molecule has 3 heterocycles. The van der Waals surface area contributed by atoms with Gasteiger partial charge in [0.25, 0.3) is 0 Å². The molecule has 0 radical (unpaired) electrons. The van der Waals surface area contributed by atoms with Gasteiger partial charge in [-0.2, -0.15) is 4.37 Å². The number of hydrogen-bond acceptors (Lipinski definition) is 5. The summed E-state index contributed by atoms with van der Waals surface area (Å²) in [7, 11) is 0. The molecule has 1 N–H and O–H groups in total. The van der Waals surface area contributed by atoms with Crippen LogP contribution in [0.3, 0.4) is 0 Å². The van der Waals surface area contributed by atoms with Crippen molar-refractivity contribution < 1.29 is 0 Å². The molecule has 5 heteroatoms. The van der Waals surface area contributed by atoms with Crippen molar-refractivity contribution in [1.82, 2.24) is 19.6 Å². The van der Waals surface area contributed by atoms with E-state index < -0.39 is 0 Å². The van der Waals surface area contributed by atoms with E-state index in [4.69, 9.17) is 0 Å². The normalized spacial score (nSPS) is 21.9. The van der Waals surface area contributed by atoms with Gasteiger partial charge in [-0.1, -0.05) is 18.2 Å². The molecule has 2 aromatic rings. The average molecular weight is 300 g/mol. The highest BCUT2D eigenvalue weighted by molar-refractivity contribution is 7.05. The summed E-state index contributed by atoms with van der Waals surface area (Å²) in [6.45, 7) is 6.54. The highest BCUT2D eigenvalue weighted by Gasteiger charge is 2.29. The smallest absolute Gasteiger partial charge is 0.139 e. The van der Waals surface area contributed by atoms with Crippen LogP contribution in [-0.2, 0) is 12.8 Å². The summed E-state index contributed by atoms with van der Waals surface area (Å²) in [5.41, 5.74) is 4.41. The van der Waals surface area contributed by atoms with Gasteiger partial charge >= 0.3 is 0 Å². The zero-order valence-corrected chi connectivity index (χ0v) is 13.1. The topological polar surface area (TPSA) is 41.1 Å². The second-order valence-electron chi connectivity index (χ2n) is 5.95. The first-order valence-electron chi connectivity index (χ1n) is 7.65. The second-order valence-corrected chi connectivity index (χ2v) is 6.79. The monoisotopic (exact) mass is 300 g/mol. The maximum Gasteiger partial charge on any atom is 0.139 e. The van der Waals surface area contributed by atoms with Crippen LogP contribution in [0.4, 0.5) is 0 Å². The fourth-order valence-corrected chi connectivity index (χ4v) is 4.16. The van der Waals surface area contributed by atoms with Gasteiger partial charge in [0.1, 0.15) is 10.8 Å². The van der Waals surface area contributed by atoms with Crippen LogP contribution in [0.15, 0.2) is 18.2 Å². The molecule has 0 unspecified atom stereocenters.